The molecule has 0 N–H and O–H groups in total. The molecule has 1 saturated heterocycles. The minimum atomic E-state index is -0.945. The zero-order valence-electron chi connectivity index (χ0n) is 13.4. The van der Waals surface area contributed by atoms with Crippen molar-refractivity contribution in [2.75, 3.05) is 0 Å². The molecular weight excluding hydrogens is 300 g/mol. The van der Waals surface area contributed by atoms with Gasteiger partial charge >= 0.3 is 11.9 Å². The van der Waals surface area contributed by atoms with Gasteiger partial charge in [-0.2, -0.15) is 0 Å². The number of cyclic esters (lactones) is 1. The van der Waals surface area contributed by atoms with E-state index in [4.69, 9.17) is 9.47 Å². The van der Waals surface area contributed by atoms with Gasteiger partial charge in [0.25, 0.3) is 0 Å². The number of hydrogen-bond donors (Lipinski definition) is 0. The molecule has 0 aliphatic carbocycles. The highest BCUT2D eigenvalue weighted by atomic mass is 32.2. The van der Waals surface area contributed by atoms with E-state index < -0.39 is 22.4 Å². The van der Waals surface area contributed by atoms with Crippen LogP contribution in [0.2, 0.25) is 0 Å². The molecule has 1 aromatic carbocycles. The SMILES string of the molecule is CCC1(CC)OC(=O)[C@](C)(Sc2ccccc2)[C@H]1OC(C)=O. The molecule has 0 radical (unpaired) electrons. The van der Waals surface area contributed by atoms with Crippen LogP contribution in [0.25, 0.3) is 0 Å². The van der Waals surface area contributed by atoms with Crippen molar-refractivity contribution in [2.45, 2.75) is 61.9 Å². The van der Waals surface area contributed by atoms with Crippen LogP contribution >= 0.6 is 11.8 Å². The van der Waals surface area contributed by atoms with Gasteiger partial charge in [0.15, 0.2) is 16.5 Å². The predicted octanol–water partition coefficient (Wildman–Crippen LogP) is 3.58. The Kier molecular flexibility index (Phi) is 4.85. The second-order valence-electron chi connectivity index (χ2n) is 5.67. The maximum absolute atomic E-state index is 12.6. The Labute approximate surface area is 135 Å². The van der Waals surface area contributed by atoms with E-state index in [2.05, 4.69) is 0 Å². The van der Waals surface area contributed by atoms with E-state index in [1.165, 1.54) is 18.7 Å². The first-order valence-electron chi connectivity index (χ1n) is 7.52. The van der Waals surface area contributed by atoms with E-state index in [0.717, 1.165) is 4.90 Å². The molecule has 2 rings (SSSR count). The van der Waals surface area contributed by atoms with Crippen LogP contribution in [0.5, 0.6) is 0 Å². The zero-order valence-corrected chi connectivity index (χ0v) is 14.2. The van der Waals surface area contributed by atoms with Crippen LogP contribution in [0.15, 0.2) is 35.2 Å². The fraction of sp³-hybridized carbons (Fsp3) is 0.529. The molecule has 1 heterocycles. The van der Waals surface area contributed by atoms with Gasteiger partial charge in [0, 0.05) is 11.8 Å². The molecule has 0 bridgehead atoms. The smallest absolute Gasteiger partial charge is 0.327 e. The second kappa shape index (κ2) is 6.32. The van der Waals surface area contributed by atoms with Crippen LogP contribution in [0.4, 0.5) is 0 Å². The number of thioether (sulfide) groups is 1. The van der Waals surface area contributed by atoms with Gasteiger partial charge in [0.05, 0.1) is 0 Å². The highest BCUT2D eigenvalue weighted by molar-refractivity contribution is 8.01. The van der Waals surface area contributed by atoms with Crippen molar-refractivity contribution in [3.8, 4) is 0 Å². The summed E-state index contributed by atoms with van der Waals surface area (Å²) < 4.78 is 10.3. The van der Waals surface area contributed by atoms with E-state index in [9.17, 15) is 9.59 Å². The van der Waals surface area contributed by atoms with Crippen molar-refractivity contribution in [3.63, 3.8) is 0 Å². The van der Waals surface area contributed by atoms with Crippen LogP contribution in [0.1, 0.15) is 40.5 Å². The van der Waals surface area contributed by atoms with Crippen molar-refractivity contribution in [3.05, 3.63) is 30.3 Å². The van der Waals surface area contributed by atoms with Gasteiger partial charge in [0.1, 0.15) is 0 Å². The lowest BCUT2D eigenvalue weighted by molar-refractivity contribution is -0.163. The lowest BCUT2D eigenvalue weighted by atomic mass is 9.86. The van der Waals surface area contributed by atoms with E-state index in [0.29, 0.717) is 12.8 Å². The predicted molar refractivity (Wildman–Crippen MR) is 85.7 cm³/mol. The summed E-state index contributed by atoms with van der Waals surface area (Å²) in [5, 5.41) is 0. The summed E-state index contributed by atoms with van der Waals surface area (Å²) in [4.78, 5) is 25.1. The van der Waals surface area contributed by atoms with Gasteiger partial charge in [-0.1, -0.05) is 32.0 Å². The number of esters is 2. The molecule has 120 valence electrons. The third-order valence-corrected chi connectivity index (χ3v) is 5.55. The van der Waals surface area contributed by atoms with Crippen LogP contribution in [-0.4, -0.2) is 28.4 Å². The Morgan fingerprint density at radius 3 is 2.36 bits per heavy atom. The maximum atomic E-state index is 12.6. The van der Waals surface area contributed by atoms with Crippen molar-refractivity contribution in [1.82, 2.24) is 0 Å². The Morgan fingerprint density at radius 1 is 1.27 bits per heavy atom. The molecule has 1 aliphatic rings. The number of hydrogen-bond acceptors (Lipinski definition) is 5. The first-order valence-corrected chi connectivity index (χ1v) is 8.34. The van der Waals surface area contributed by atoms with Crippen LogP contribution in [0, 0.1) is 0 Å². The molecule has 4 nitrogen and oxygen atoms in total. The summed E-state index contributed by atoms with van der Waals surface area (Å²) in [6.07, 6.45) is 0.612. The number of benzene rings is 1. The number of carbonyl (C=O) groups is 2. The fourth-order valence-corrected chi connectivity index (χ4v) is 4.21. The van der Waals surface area contributed by atoms with Gasteiger partial charge in [0.2, 0.25) is 0 Å². The van der Waals surface area contributed by atoms with Crippen molar-refractivity contribution >= 4 is 23.7 Å². The number of carbonyl (C=O) groups excluding carboxylic acids is 2. The summed E-state index contributed by atoms with van der Waals surface area (Å²) in [6.45, 7) is 7.07. The minimum Gasteiger partial charge on any atom is -0.456 e. The molecule has 0 amide bonds. The van der Waals surface area contributed by atoms with Gasteiger partial charge < -0.3 is 9.47 Å². The second-order valence-corrected chi connectivity index (χ2v) is 7.20. The summed E-state index contributed by atoms with van der Waals surface area (Å²) in [6, 6.07) is 9.63. The van der Waals surface area contributed by atoms with Crippen LogP contribution in [0.3, 0.4) is 0 Å². The molecule has 0 unspecified atom stereocenters. The largest absolute Gasteiger partial charge is 0.456 e. The van der Waals surface area contributed by atoms with Crippen LogP contribution < -0.4 is 0 Å². The monoisotopic (exact) mass is 322 g/mol. The van der Waals surface area contributed by atoms with Crippen molar-refractivity contribution < 1.29 is 19.1 Å². The van der Waals surface area contributed by atoms with Gasteiger partial charge in [-0.25, -0.2) is 0 Å². The molecule has 22 heavy (non-hydrogen) atoms. The summed E-state index contributed by atoms with van der Waals surface area (Å²) in [7, 11) is 0. The van der Waals surface area contributed by atoms with E-state index in [1.54, 1.807) is 6.92 Å². The molecule has 1 aromatic rings. The molecule has 1 fully saturated rings. The molecule has 0 spiro atoms. The summed E-state index contributed by atoms with van der Waals surface area (Å²) in [5.74, 6) is -0.717. The van der Waals surface area contributed by atoms with Crippen LogP contribution in [-0.2, 0) is 19.1 Å². The summed E-state index contributed by atoms with van der Waals surface area (Å²) in [5.41, 5.74) is -0.751. The fourth-order valence-electron chi connectivity index (χ4n) is 2.93. The molecular formula is C17H22O4S. The zero-order chi connectivity index (χ0) is 16.4. The van der Waals surface area contributed by atoms with Gasteiger partial charge in [-0.05, 0) is 31.9 Å². The Morgan fingerprint density at radius 2 is 1.86 bits per heavy atom. The van der Waals surface area contributed by atoms with Gasteiger partial charge in [-0.15, -0.1) is 11.8 Å². The van der Waals surface area contributed by atoms with Crippen molar-refractivity contribution in [2.24, 2.45) is 0 Å². The van der Waals surface area contributed by atoms with E-state index in [-0.39, 0.29) is 5.97 Å². The van der Waals surface area contributed by atoms with E-state index >= 15 is 0 Å². The standard InChI is InChI=1S/C17H22O4S/c1-5-17(6-2)14(20-12(3)18)16(4,15(19)21-17)22-13-10-8-7-9-11-13/h7-11,14H,5-6H2,1-4H3/t14-,16-/m1/s1. The van der Waals surface area contributed by atoms with Crippen molar-refractivity contribution in [1.29, 1.82) is 0 Å². The lowest BCUT2D eigenvalue weighted by Gasteiger charge is -2.34. The minimum absolute atomic E-state index is 0.323. The third-order valence-electron chi connectivity index (χ3n) is 4.23. The topological polar surface area (TPSA) is 52.6 Å². The summed E-state index contributed by atoms with van der Waals surface area (Å²) >= 11 is 1.39. The molecule has 0 aromatic heterocycles. The average Bonchev–Trinajstić information content (AvgIpc) is 2.70. The van der Waals surface area contributed by atoms with Gasteiger partial charge in [-0.3, -0.25) is 9.59 Å². The highest BCUT2D eigenvalue weighted by Crippen LogP contribution is 2.50. The quantitative estimate of drug-likeness (QED) is 0.776. The Balaban J connectivity index is 2.41. The highest BCUT2D eigenvalue weighted by Gasteiger charge is 2.64. The third kappa shape index (κ3) is 2.86. The molecule has 5 heteroatoms. The molecule has 0 saturated carbocycles. The maximum Gasteiger partial charge on any atom is 0.327 e. The Bertz CT molecular complexity index is 553. The first-order chi connectivity index (χ1) is 10.4. The van der Waals surface area contributed by atoms with E-state index in [1.807, 2.05) is 44.2 Å². The normalized spacial score (nSPS) is 26.5. The molecule has 2 atom stereocenters. The lowest BCUT2D eigenvalue weighted by Crippen LogP contribution is -2.49. The number of ether oxygens (including phenoxy) is 2. The average molecular weight is 322 g/mol. The molecule has 1 aliphatic heterocycles. The Hall–Kier alpha value is -1.49. The number of rotatable bonds is 5. The first kappa shape index (κ1) is 16.9.